The number of nitrogens with zero attached hydrogens (tertiary/aromatic N) is 2. The Morgan fingerprint density at radius 3 is 2.17 bits per heavy atom. The number of rotatable bonds is 6. The van der Waals surface area contributed by atoms with Crippen molar-refractivity contribution in [3.8, 4) is 0 Å². The second-order valence-corrected chi connectivity index (χ2v) is 6.52. The summed E-state index contributed by atoms with van der Waals surface area (Å²) in [5.74, 6) is -2.43. The van der Waals surface area contributed by atoms with Crippen LogP contribution in [0.25, 0.3) is 0 Å². The molecule has 0 amide bonds. The van der Waals surface area contributed by atoms with Crippen LogP contribution in [-0.2, 0) is 28.9 Å². The molecule has 0 atom stereocenters. The minimum Gasteiger partial charge on any atom is -0.509 e. The zero-order valence-electron chi connectivity index (χ0n) is 13.2. The number of sulfone groups is 1. The average Bonchev–Trinajstić information content (AvgIpc) is 2.54. The summed E-state index contributed by atoms with van der Waals surface area (Å²) >= 11 is 0. The van der Waals surface area contributed by atoms with E-state index in [2.05, 4.69) is 19.7 Å². The molecule has 1 aromatic carbocycles. The minimum absolute atomic E-state index is 0.0960. The van der Waals surface area contributed by atoms with Crippen LogP contribution in [0.4, 0.5) is 5.69 Å². The third kappa shape index (κ3) is 5.47. The molecule has 0 bridgehead atoms. The molecular formula is C14H16N2O7S. The van der Waals surface area contributed by atoms with Gasteiger partial charge in [-0.05, 0) is 24.3 Å². The van der Waals surface area contributed by atoms with E-state index in [1.54, 1.807) is 0 Å². The molecule has 9 nitrogen and oxygen atoms in total. The second kappa shape index (κ2) is 8.20. The lowest BCUT2D eigenvalue weighted by molar-refractivity contribution is -0.140. The first-order valence-electron chi connectivity index (χ1n) is 6.48. The van der Waals surface area contributed by atoms with Crippen LogP contribution >= 0.6 is 0 Å². The van der Waals surface area contributed by atoms with Crippen molar-refractivity contribution >= 4 is 27.5 Å². The van der Waals surface area contributed by atoms with Crippen LogP contribution in [0.15, 0.2) is 50.8 Å². The molecule has 10 heteroatoms. The van der Waals surface area contributed by atoms with Gasteiger partial charge in [0.05, 0.1) is 24.8 Å². The standard InChI is InChI=1S/C14H16N2O7S/c1-22-12(18)8-11(17)13(14(19)23-2)16-15-9-4-6-10(7-5-9)24(3,20)21/h4-7,17H,8H2,1-3H3/b13-11-,16-15?. The van der Waals surface area contributed by atoms with Gasteiger partial charge in [0.15, 0.2) is 9.84 Å². The molecule has 0 aliphatic rings. The van der Waals surface area contributed by atoms with Crippen molar-refractivity contribution in [3.05, 3.63) is 35.7 Å². The molecule has 1 rings (SSSR count). The Hall–Kier alpha value is -2.75. The molecule has 24 heavy (non-hydrogen) atoms. The predicted octanol–water partition coefficient (Wildman–Crippen LogP) is 1.68. The summed E-state index contributed by atoms with van der Waals surface area (Å²) in [5, 5.41) is 17.1. The largest absolute Gasteiger partial charge is 0.509 e. The van der Waals surface area contributed by atoms with Crippen molar-refractivity contribution < 1.29 is 32.6 Å². The number of esters is 2. The molecule has 0 aliphatic heterocycles. The second-order valence-electron chi connectivity index (χ2n) is 4.51. The highest BCUT2D eigenvalue weighted by Gasteiger charge is 2.18. The highest BCUT2D eigenvalue weighted by atomic mass is 32.2. The summed E-state index contributed by atoms with van der Waals surface area (Å²) in [7, 11) is -1.15. The number of carbonyl (C=O) groups excluding carboxylic acids is 2. The molecule has 0 aromatic heterocycles. The molecule has 0 fully saturated rings. The van der Waals surface area contributed by atoms with Gasteiger partial charge in [-0.1, -0.05) is 0 Å². The summed E-state index contributed by atoms with van der Waals surface area (Å²) in [6.45, 7) is 0. The Labute approximate surface area is 138 Å². The van der Waals surface area contributed by atoms with Crippen molar-refractivity contribution in [2.75, 3.05) is 20.5 Å². The Morgan fingerprint density at radius 1 is 1.12 bits per heavy atom. The van der Waals surface area contributed by atoms with Crippen LogP contribution in [0.3, 0.4) is 0 Å². The lowest BCUT2D eigenvalue weighted by Gasteiger charge is -2.03. The van der Waals surface area contributed by atoms with E-state index in [4.69, 9.17) is 0 Å². The van der Waals surface area contributed by atoms with Crippen molar-refractivity contribution in [1.82, 2.24) is 0 Å². The molecule has 130 valence electrons. The summed E-state index contributed by atoms with van der Waals surface area (Å²) in [6.07, 6.45) is 0.486. The summed E-state index contributed by atoms with van der Waals surface area (Å²) in [4.78, 5) is 22.8. The third-order valence-corrected chi connectivity index (χ3v) is 3.85. The highest BCUT2D eigenvalue weighted by molar-refractivity contribution is 7.90. The van der Waals surface area contributed by atoms with Gasteiger partial charge in [0.1, 0.15) is 12.2 Å². The fourth-order valence-corrected chi connectivity index (χ4v) is 2.10. The van der Waals surface area contributed by atoms with Crippen molar-refractivity contribution in [1.29, 1.82) is 0 Å². The van der Waals surface area contributed by atoms with Gasteiger partial charge in [-0.25, -0.2) is 13.2 Å². The first-order chi connectivity index (χ1) is 11.2. The van der Waals surface area contributed by atoms with Gasteiger partial charge in [0.2, 0.25) is 5.70 Å². The zero-order chi connectivity index (χ0) is 18.3. The molecule has 0 spiro atoms. The number of aliphatic hydroxyl groups excluding tert-OH is 1. The maximum Gasteiger partial charge on any atom is 0.362 e. The number of methoxy groups -OCH3 is 2. The van der Waals surface area contributed by atoms with Crippen molar-refractivity contribution in [2.24, 2.45) is 10.2 Å². The maximum atomic E-state index is 11.6. The van der Waals surface area contributed by atoms with Crippen LogP contribution < -0.4 is 0 Å². The normalized spacial score (nSPS) is 12.6. The predicted molar refractivity (Wildman–Crippen MR) is 82.4 cm³/mol. The first-order valence-corrected chi connectivity index (χ1v) is 8.37. The quantitative estimate of drug-likeness (QED) is 0.355. The first kappa shape index (κ1) is 19.3. The van der Waals surface area contributed by atoms with Crippen LogP contribution in [0, 0.1) is 0 Å². The third-order valence-electron chi connectivity index (χ3n) is 2.72. The molecule has 0 saturated carbocycles. The van der Waals surface area contributed by atoms with Gasteiger partial charge in [0.25, 0.3) is 0 Å². The molecule has 0 radical (unpaired) electrons. The van der Waals surface area contributed by atoms with E-state index >= 15 is 0 Å². The lowest BCUT2D eigenvalue weighted by atomic mass is 10.3. The Bertz CT molecular complexity index is 780. The maximum absolute atomic E-state index is 11.6. The average molecular weight is 356 g/mol. The van der Waals surface area contributed by atoms with Gasteiger partial charge in [-0.2, -0.15) is 5.11 Å². The van der Waals surface area contributed by atoms with E-state index < -0.39 is 39.7 Å². The molecule has 0 heterocycles. The summed E-state index contributed by atoms with van der Waals surface area (Å²) in [5.41, 5.74) is -0.329. The molecule has 1 N–H and O–H groups in total. The van der Waals surface area contributed by atoms with Crippen LogP contribution in [0.1, 0.15) is 6.42 Å². The van der Waals surface area contributed by atoms with Crippen LogP contribution in [0.5, 0.6) is 0 Å². The van der Waals surface area contributed by atoms with Crippen LogP contribution in [-0.4, -0.2) is 45.9 Å². The molecule has 1 aromatic rings. The number of aliphatic hydroxyl groups is 1. The summed E-state index contributed by atoms with van der Waals surface area (Å²) in [6, 6.07) is 5.37. The SMILES string of the molecule is COC(=O)C/C(O)=C(/N=Nc1ccc(S(C)(=O)=O)cc1)C(=O)OC. The lowest BCUT2D eigenvalue weighted by Crippen LogP contribution is -2.09. The zero-order valence-corrected chi connectivity index (χ0v) is 14.0. The fraction of sp³-hybridized carbons (Fsp3) is 0.286. The Kier molecular flexibility index (Phi) is 6.59. The summed E-state index contributed by atoms with van der Waals surface area (Å²) < 4.78 is 31.6. The van der Waals surface area contributed by atoms with E-state index in [0.717, 1.165) is 20.5 Å². The van der Waals surface area contributed by atoms with E-state index in [9.17, 15) is 23.1 Å². The molecule has 0 unspecified atom stereocenters. The number of carbonyl (C=O) groups is 2. The number of ether oxygens (including phenoxy) is 2. The van der Waals surface area contributed by atoms with Crippen molar-refractivity contribution in [2.45, 2.75) is 11.3 Å². The van der Waals surface area contributed by atoms with Gasteiger partial charge < -0.3 is 14.6 Å². The Morgan fingerprint density at radius 2 is 1.71 bits per heavy atom. The van der Waals surface area contributed by atoms with Gasteiger partial charge in [-0.3, -0.25) is 4.79 Å². The van der Waals surface area contributed by atoms with Crippen molar-refractivity contribution in [3.63, 3.8) is 0 Å². The van der Waals surface area contributed by atoms with E-state index in [0.29, 0.717) is 0 Å². The number of azo groups is 1. The van der Waals surface area contributed by atoms with E-state index in [-0.39, 0.29) is 10.6 Å². The monoisotopic (exact) mass is 356 g/mol. The topological polar surface area (TPSA) is 132 Å². The Balaban J connectivity index is 3.10. The molecule has 0 aliphatic carbocycles. The minimum atomic E-state index is -3.35. The number of hydrogen-bond acceptors (Lipinski definition) is 9. The van der Waals surface area contributed by atoms with E-state index in [1.165, 1.54) is 24.3 Å². The smallest absolute Gasteiger partial charge is 0.362 e. The van der Waals surface area contributed by atoms with Gasteiger partial charge in [0, 0.05) is 6.26 Å². The van der Waals surface area contributed by atoms with Gasteiger partial charge in [-0.15, -0.1) is 5.11 Å². The number of hydrogen-bond donors (Lipinski definition) is 1. The van der Waals surface area contributed by atoms with Crippen LogP contribution in [0.2, 0.25) is 0 Å². The van der Waals surface area contributed by atoms with Gasteiger partial charge >= 0.3 is 11.9 Å². The molecule has 0 saturated heterocycles. The van der Waals surface area contributed by atoms with E-state index in [1.807, 2.05) is 0 Å². The molecular weight excluding hydrogens is 340 g/mol. The number of benzene rings is 1. The fourth-order valence-electron chi connectivity index (χ4n) is 1.47. The highest BCUT2D eigenvalue weighted by Crippen LogP contribution is 2.19.